The Morgan fingerprint density at radius 1 is 1.33 bits per heavy atom. The minimum Gasteiger partial charge on any atom is -0.351 e. The van der Waals surface area contributed by atoms with Crippen LogP contribution in [0.15, 0.2) is 17.5 Å². The van der Waals surface area contributed by atoms with Crippen LogP contribution < -0.4 is 10.0 Å². The molecule has 1 saturated carbocycles. The molecule has 1 aromatic heterocycles. The van der Waals surface area contributed by atoms with Crippen LogP contribution >= 0.6 is 11.3 Å². The van der Waals surface area contributed by atoms with Crippen LogP contribution in [0.1, 0.15) is 30.6 Å². The van der Waals surface area contributed by atoms with Gasteiger partial charge in [0.15, 0.2) is 0 Å². The van der Waals surface area contributed by atoms with Gasteiger partial charge >= 0.3 is 0 Å². The van der Waals surface area contributed by atoms with E-state index in [2.05, 4.69) is 10.0 Å². The van der Waals surface area contributed by atoms with E-state index in [0.717, 1.165) is 30.6 Å². The second-order valence-corrected chi connectivity index (χ2v) is 8.50. The van der Waals surface area contributed by atoms with Crippen molar-refractivity contribution in [3.8, 4) is 0 Å². The third-order valence-electron chi connectivity index (χ3n) is 3.87. The average molecular weight is 330 g/mol. The minimum atomic E-state index is -3.12. The Bertz CT molecular complexity index is 547. The van der Waals surface area contributed by atoms with E-state index in [1.165, 1.54) is 6.26 Å². The first-order chi connectivity index (χ1) is 9.94. The van der Waals surface area contributed by atoms with E-state index < -0.39 is 10.0 Å². The molecule has 1 aromatic rings. The van der Waals surface area contributed by atoms with E-state index >= 15 is 0 Å². The second kappa shape index (κ2) is 7.38. The molecular weight excluding hydrogens is 308 g/mol. The second-order valence-electron chi connectivity index (χ2n) is 5.64. The first-order valence-electron chi connectivity index (χ1n) is 7.19. The highest BCUT2D eigenvalue weighted by molar-refractivity contribution is 7.88. The fourth-order valence-electron chi connectivity index (χ4n) is 2.63. The molecule has 2 rings (SSSR count). The molecule has 0 aliphatic heterocycles. The zero-order chi connectivity index (χ0) is 15.3. The van der Waals surface area contributed by atoms with Crippen LogP contribution in [0.4, 0.5) is 0 Å². The lowest BCUT2D eigenvalue weighted by Gasteiger charge is -2.27. The summed E-state index contributed by atoms with van der Waals surface area (Å²) in [5.41, 5.74) is 0. The quantitative estimate of drug-likeness (QED) is 0.834. The summed E-state index contributed by atoms with van der Waals surface area (Å²) in [5, 5.41) is 4.99. The molecule has 2 N–H and O–H groups in total. The molecule has 0 radical (unpaired) electrons. The molecule has 0 unspecified atom stereocenters. The van der Waals surface area contributed by atoms with Gasteiger partial charge in [-0.2, -0.15) is 0 Å². The lowest BCUT2D eigenvalue weighted by Crippen LogP contribution is -2.35. The Labute approximate surface area is 130 Å². The number of hydrogen-bond donors (Lipinski definition) is 2. The van der Waals surface area contributed by atoms with Crippen molar-refractivity contribution >= 4 is 27.3 Å². The number of rotatable bonds is 6. The Balaban J connectivity index is 1.69. The minimum absolute atomic E-state index is 0.0689. The Morgan fingerprint density at radius 2 is 2.05 bits per heavy atom. The number of hydrogen-bond acceptors (Lipinski definition) is 4. The maximum Gasteiger partial charge on any atom is 0.223 e. The molecule has 0 saturated heterocycles. The largest absolute Gasteiger partial charge is 0.351 e. The van der Waals surface area contributed by atoms with Gasteiger partial charge in [-0.05, 0) is 43.0 Å². The van der Waals surface area contributed by atoms with Gasteiger partial charge in [-0.15, -0.1) is 11.3 Å². The molecule has 21 heavy (non-hydrogen) atoms. The molecule has 1 fully saturated rings. The van der Waals surface area contributed by atoms with Crippen molar-refractivity contribution in [2.45, 2.75) is 32.2 Å². The highest BCUT2D eigenvalue weighted by Crippen LogP contribution is 2.28. The van der Waals surface area contributed by atoms with Crippen molar-refractivity contribution in [3.05, 3.63) is 22.4 Å². The van der Waals surface area contributed by atoms with Crippen molar-refractivity contribution in [1.29, 1.82) is 0 Å². The Morgan fingerprint density at radius 3 is 2.62 bits per heavy atom. The average Bonchev–Trinajstić information content (AvgIpc) is 2.95. The zero-order valence-corrected chi connectivity index (χ0v) is 13.8. The molecular formula is C14H22N2O3S2. The van der Waals surface area contributed by atoms with Crippen molar-refractivity contribution in [2.75, 3.05) is 12.8 Å². The van der Waals surface area contributed by atoms with E-state index in [9.17, 15) is 13.2 Å². The van der Waals surface area contributed by atoms with Gasteiger partial charge in [-0.25, -0.2) is 13.1 Å². The maximum atomic E-state index is 12.1. The molecule has 0 aromatic carbocycles. The smallest absolute Gasteiger partial charge is 0.223 e. The molecule has 1 amide bonds. The molecule has 118 valence electrons. The molecule has 0 atom stereocenters. The van der Waals surface area contributed by atoms with Gasteiger partial charge in [0.1, 0.15) is 0 Å². The lowest BCUT2D eigenvalue weighted by atomic mass is 9.81. The Kier molecular flexibility index (Phi) is 5.78. The van der Waals surface area contributed by atoms with Gasteiger partial charge in [0.25, 0.3) is 0 Å². The highest BCUT2D eigenvalue weighted by atomic mass is 32.2. The number of carbonyl (C=O) groups excluding carboxylic acids is 1. The summed E-state index contributed by atoms with van der Waals surface area (Å²) in [6, 6.07) is 3.99. The number of amides is 1. The zero-order valence-electron chi connectivity index (χ0n) is 12.2. The van der Waals surface area contributed by atoms with Crippen molar-refractivity contribution < 1.29 is 13.2 Å². The van der Waals surface area contributed by atoms with Crippen LogP contribution in [-0.4, -0.2) is 27.1 Å². The molecule has 1 heterocycles. The normalized spacial score (nSPS) is 22.9. The van der Waals surface area contributed by atoms with Gasteiger partial charge in [0.2, 0.25) is 15.9 Å². The third-order valence-corrected chi connectivity index (χ3v) is 5.44. The van der Waals surface area contributed by atoms with Crippen LogP contribution in [0.25, 0.3) is 0 Å². The fraction of sp³-hybridized carbons (Fsp3) is 0.643. The molecule has 1 aliphatic carbocycles. The third kappa shape index (κ3) is 5.76. The van der Waals surface area contributed by atoms with E-state index in [1.54, 1.807) is 11.3 Å². The topological polar surface area (TPSA) is 75.3 Å². The monoisotopic (exact) mass is 330 g/mol. The number of carbonyl (C=O) groups is 1. The summed E-state index contributed by atoms with van der Waals surface area (Å²) in [6.45, 7) is 1.09. The first-order valence-corrected chi connectivity index (χ1v) is 9.96. The number of nitrogens with one attached hydrogen (secondary N) is 2. The lowest BCUT2D eigenvalue weighted by molar-refractivity contribution is -0.126. The standard InChI is InChI=1S/C14H22N2O3S2/c1-21(18,19)16-9-11-4-6-12(7-5-11)14(17)15-10-13-3-2-8-20-13/h2-3,8,11-12,16H,4-7,9-10H2,1H3,(H,15,17). The van der Waals surface area contributed by atoms with Crippen LogP contribution in [0, 0.1) is 11.8 Å². The predicted octanol–water partition coefficient (Wildman–Crippen LogP) is 1.72. The van der Waals surface area contributed by atoms with Crippen molar-refractivity contribution in [2.24, 2.45) is 11.8 Å². The first kappa shape index (κ1) is 16.5. The van der Waals surface area contributed by atoms with E-state index in [1.807, 2.05) is 17.5 Å². The van der Waals surface area contributed by atoms with Gasteiger partial charge in [-0.3, -0.25) is 4.79 Å². The summed E-state index contributed by atoms with van der Waals surface area (Å²) in [5.74, 6) is 0.540. The Hall–Kier alpha value is -0.920. The van der Waals surface area contributed by atoms with E-state index in [4.69, 9.17) is 0 Å². The van der Waals surface area contributed by atoms with Gasteiger partial charge in [0.05, 0.1) is 12.8 Å². The molecule has 0 spiro atoms. The SMILES string of the molecule is CS(=O)(=O)NCC1CCC(C(=O)NCc2cccs2)CC1. The van der Waals surface area contributed by atoms with Crippen molar-refractivity contribution in [1.82, 2.24) is 10.0 Å². The maximum absolute atomic E-state index is 12.1. The number of sulfonamides is 1. The highest BCUT2D eigenvalue weighted by Gasteiger charge is 2.26. The predicted molar refractivity (Wildman–Crippen MR) is 84.5 cm³/mol. The van der Waals surface area contributed by atoms with E-state index in [-0.39, 0.29) is 11.8 Å². The van der Waals surface area contributed by atoms with Crippen LogP contribution in [0.2, 0.25) is 0 Å². The fourth-order valence-corrected chi connectivity index (χ4v) is 3.81. The molecule has 1 aliphatic rings. The summed E-state index contributed by atoms with van der Waals surface area (Å²) >= 11 is 1.64. The van der Waals surface area contributed by atoms with Crippen LogP contribution in [0.5, 0.6) is 0 Å². The van der Waals surface area contributed by atoms with Crippen LogP contribution in [-0.2, 0) is 21.4 Å². The number of thiophene rings is 1. The van der Waals surface area contributed by atoms with Gasteiger partial charge < -0.3 is 5.32 Å². The molecule has 0 bridgehead atoms. The van der Waals surface area contributed by atoms with Gasteiger partial charge in [-0.1, -0.05) is 6.07 Å². The van der Waals surface area contributed by atoms with E-state index in [0.29, 0.717) is 19.0 Å². The molecule has 7 heteroatoms. The van der Waals surface area contributed by atoms with Crippen molar-refractivity contribution in [3.63, 3.8) is 0 Å². The summed E-state index contributed by atoms with van der Waals surface area (Å²) in [4.78, 5) is 13.3. The van der Waals surface area contributed by atoms with Crippen LogP contribution in [0.3, 0.4) is 0 Å². The van der Waals surface area contributed by atoms with Gasteiger partial charge in [0, 0.05) is 17.3 Å². The summed E-state index contributed by atoms with van der Waals surface area (Å²) < 4.78 is 24.7. The summed E-state index contributed by atoms with van der Waals surface area (Å²) in [7, 11) is -3.12. The molecule has 5 nitrogen and oxygen atoms in total. The summed E-state index contributed by atoms with van der Waals surface area (Å²) in [6.07, 6.45) is 4.66.